The Labute approximate surface area is 152 Å². The number of hydrogen-bond donors (Lipinski definition) is 1. The number of benzene rings is 2. The summed E-state index contributed by atoms with van der Waals surface area (Å²) in [6, 6.07) is 12.5. The van der Waals surface area contributed by atoms with Gasteiger partial charge in [-0.15, -0.1) is 0 Å². The van der Waals surface area contributed by atoms with Crippen LogP contribution in [-0.2, 0) is 9.59 Å². The Balaban J connectivity index is 1.84. The number of nitrogens with zero attached hydrogens (tertiary/aromatic N) is 1. The molecule has 132 valence electrons. The highest BCUT2D eigenvalue weighted by molar-refractivity contribution is 6.30. The Morgan fingerprint density at radius 1 is 1.12 bits per heavy atom. The van der Waals surface area contributed by atoms with Crippen LogP contribution in [0.25, 0.3) is 0 Å². The van der Waals surface area contributed by atoms with Crippen LogP contribution in [-0.4, -0.2) is 36.9 Å². The number of rotatable bonds is 6. The molecule has 0 saturated carbocycles. The van der Waals surface area contributed by atoms with Crippen molar-refractivity contribution in [3.05, 3.63) is 58.6 Å². The first-order valence-electron chi connectivity index (χ1n) is 7.85. The summed E-state index contributed by atoms with van der Waals surface area (Å²) in [6.45, 7) is 3.75. The van der Waals surface area contributed by atoms with Gasteiger partial charge in [-0.25, -0.2) is 0 Å². The second kappa shape index (κ2) is 8.53. The summed E-state index contributed by atoms with van der Waals surface area (Å²) >= 11 is 5.80. The minimum absolute atomic E-state index is 0.0579. The van der Waals surface area contributed by atoms with Gasteiger partial charge in [-0.2, -0.15) is 0 Å². The molecule has 0 bridgehead atoms. The second-order valence-corrected chi connectivity index (χ2v) is 6.23. The maximum absolute atomic E-state index is 12.1. The zero-order chi connectivity index (χ0) is 18.4. The molecule has 2 aromatic rings. The van der Waals surface area contributed by atoms with Crippen LogP contribution in [0, 0.1) is 13.8 Å². The first kappa shape index (κ1) is 18.8. The molecule has 0 spiro atoms. The second-order valence-electron chi connectivity index (χ2n) is 5.79. The van der Waals surface area contributed by atoms with E-state index in [1.807, 2.05) is 32.0 Å². The monoisotopic (exact) mass is 360 g/mol. The highest BCUT2D eigenvalue weighted by Crippen LogP contribution is 2.20. The van der Waals surface area contributed by atoms with Gasteiger partial charge >= 0.3 is 0 Å². The van der Waals surface area contributed by atoms with Crippen molar-refractivity contribution < 1.29 is 14.3 Å². The van der Waals surface area contributed by atoms with E-state index in [2.05, 4.69) is 5.32 Å². The third-order valence-corrected chi connectivity index (χ3v) is 4.09. The molecule has 6 heteroatoms. The van der Waals surface area contributed by atoms with E-state index in [1.54, 1.807) is 31.3 Å². The van der Waals surface area contributed by atoms with E-state index in [4.69, 9.17) is 16.3 Å². The van der Waals surface area contributed by atoms with Crippen LogP contribution in [0.4, 0.5) is 5.69 Å². The zero-order valence-corrected chi connectivity index (χ0v) is 15.3. The van der Waals surface area contributed by atoms with Crippen molar-refractivity contribution in [1.29, 1.82) is 0 Å². The molecule has 2 amide bonds. The summed E-state index contributed by atoms with van der Waals surface area (Å²) < 4.78 is 5.58. The Morgan fingerprint density at radius 2 is 1.80 bits per heavy atom. The van der Waals surface area contributed by atoms with Crippen molar-refractivity contribution >= 4 is 29.1 Å². The zero-order valence-electron chi connectivity index (χ0n) is 14.5. The van der Waals surface area contributed by atoms with Crippen molar-refractivity contribution in [2.45, 2.75) is 13.8 Å². The van der Waals surface area contributed by atoms with Gasteiger partial charge in [0.25, 0.3) is 5.91 Å². The van der Waals surface area contributed by atoms with E-state index in [0.29, 0.717) is 16.5 Å². The van der Waals surface area contributed by atoms with Gasteiger partial charge in [-0.05, 0) is 55.3 Å². The number of hydrogen-bond acceptors (Lipinski definition) is 3. The Morgan fingerprint density at radius 3 is 2.48 bits per heavy atom. The Kier molecular flexibility index (Phi) is 6.42. The topological polar surface area (TPSA) is 58.6 Å². The fourth-order valence-corrected chi connectivity index (χ4v) is 2.29. The average molecular weight is 361 g/mol. The summed E-state index contributed by atoms with van der Waals surface area (Å²) in [5, 5.41) is 3.30. The molecule has 0 aromatic heterocycles. The highest BCUT2D eigenvalue weighted by Gasteiger charge is 2.14. The van der Waals surface area contributed by atoms with Gasteiger partial charge in [0.05, 0.1) is 6.54 Å². The van der Waals surface area contributed by atoms with Crippen LogP contribution in [0.15, 0.2) is 42.5 Å². The van der Waals surface area contributed by atoms with Gasteiger partial charge in [0.2, 0.25) is 5.91 Å². The largest absolute Gasteiger partial charge is 0.483 e. The maximum Gasteiger partial charge on any atom is 0.260 e. The number of ether oxygens (including phenoxy) is 1. The van der Waals surface area contributed by atoms with Gasteiger partial charge < -0.3 is 15.0 Å². The third kappa shape index (κ3) is 5.50. The van der Waals surface area contributed by atoms with Crippen LogP contribution in [0.3, 0.4) is 0 Å². The number of halogens is 1. The molecule has 0 heterocycles. The van der Waals surface area contributed by atoms with Gasteiger partial charge in [-0.1, -0.05) is 23.7 Å². The molecular formula is C19H21ClN2O3. The van der Waals surface area contributed by atoms with Crippen LogP contribution in [0.2, 0.25) is 5.02 Å². The summed E-state index contributed by atoms with van der Waals surface area (Å²) in [5.74, 6) is 0.115. The molecule has 0 radical (unpaired) electrons. The van der Waals surface area contributed by atoms with Gasteiger partial charge in [0.1, 0.15) is 5.75 Å². The Bertz CT molecular complexity index is 760. The van der Waals surface area contributed by atoms with Crippen molar-refractivity contribution in [1.82, 2.24) is 4.90 Å². The quantitative estimate of drug-likeness (QED) is 0.858. The van der Waals surface area contributed by atoms with Crippen LogP contribution in [0.1, 0.15) is 11.1 Å². The molecule has 0 aliphatic heterocycles. The summed E-state index contributed by atoms with van der Waals surface area (Å²) in [4.78, 5) is 25.5. The van der Waals surface area contributed by atoms with E-state index < -0.39 is 0 Å². The highest BCUT2D eigenvalue weighted by atomic mass is 35.5. The fraction of sp³-hybridized carbons (Fsp3) is 0.263. The number of amides is 2. The molecule has 0 fully saturated rings. The normalized spacial score (nSPS) is 10.2. The van der Waals surface area contributed by atoms with E-state index in [0.717, 1.165) is 11.1 Å². The lowest BCUT2D eigenvalue weighted by Crippen LogP contribution is -2.37. The fourth-order valence-electron chi connectivity index (χ4n) is 2.17. The van der Waals surface area contributed by atoms with Crippen LogP contribution in [0.5, 0.6) is 5.75 Å². The van der Waals surface area contributed by atoms with Crippen LogP contribution >= 0.6 is 11.6 Å². The summed E-state index contributed by atoms with van der Waals surface area (Å²) in [7, 11) is 1.57. The minimum Gasteiger partial charge on any atom is -0.483 e. The van der Waals surface area contributed by atoms with Gasteiger partial charge in [0, 0.05) is 17.8 Å². The van der Waals surface area contributed by atoms with Crippen molar-refractivity contribution in [3.8, 4) is 5.75 Å². The molecule has 0 unspecified atom stereocenters. The van der Waals surface area contributed by atoms with Crippen molar-refractivity contribution in [3.63, 3.8) is 0 Å². The number of likely N-dealkylation sites (N-methyl/N-ethyl adjacent to an activating group) is 1. The molecule has 0 atom stereocenters. The van der Waals surface area contributed by atoms with Crippen molar-refractivity contribution in [2.24, 2.45) is 0 Å². The lowest BCUT2D eigenvalue weighted by atomic mass is 10.1. The minimum atomic E-state index is -0.287. The first-order valence-corrected chi connectivity index (χ1v) is 8.23. The molecule has 2 rings (SSSR count). The van der Waals surface area contributed by atoms with Crippen LogP contribution < -0.4 is 10.1 Å². The molecular weight excluding hydrogens is 340 g/mol. The van der Waals surface area contributed by atoms with E-state index in [-0.39, 0.29) is 25.0 Å². The molecule has 2 aromatic carbocycles. The molecule has 0 aliphatic carbocycles. The predicted molar refractivity (Wildman–Crippen MR) is 99.1 cm³/mol. The van der Waals surface area contributed by atoms with Gasteiger partial charge in [0.15, 0.2) is 6.61 Å². The van der Waals surface area contributed by atoms with Gasteiger partial charge in [-0.3, -0.25) is 9.59 Å². The summed E-state index contributed by atoms with van der Waals surface area (Å²) in [5.41, 5.74) is 2.72. The van der Waals surface area contributed by atoms with E-state index in [1.165, 1.54) is 4.90 Å². The average Bonchev–Trinajstić information content (AvgIpc) is 2.58. The molecule has 5 nitrogen and oxygen atoms in total. The molecule has 25 heavy (non-hydrogen) atoms. The number of aryl methyl sites for hydroxylation is 1. The third-order valence-electron chi connectivity index (χ3n) is 3.84. The lowest BCUT2D eigenvalue weighted by Gasteiger charge is -2.18. The first-order chi connectivity index (χ1) is 11.9. The molecule has 0 aliphatic rings. The van der Waals surface area contributed by atoms with Crippen molar-refractivity contribution in [2.75, 3.05) is 25.5 Å². The number of carbonyl (C=O) groups is 2. The number of carbonyl (C=O) groups excluding carboxylic acids is 2. The Hall–Kier alpha value is -2.53. The lowest BCUT2D eigenvalue weighted by molar-refractivity contribution is -0.135. The standard InChI is InChI=1S/C19H21ClN2O3/c1-13-5-4-6-17(14(13)2)25-12-19(24)22(3)11-18(23)21-16-9-7-15(20)8-10-16/h4-10H,11-12H2,1-3H3,(H,21,23). The molecule has 0 saturated heterocycles. The maximum atomic E-state index is 12.1. The summed E-state index contributed by atoms with van der Waals surface area (Å²) in [6.07, 6.45) is 0. The molecule has 1 N–H and O–H groups in total. The SMILES string of the molecule is Cc1cccc(OCC(=O)N(C)CC(=O)Nc2ccc(Cl)cc2)c1C. The number of nitrogens with one attached hydrogen (secondary N) is 1. The number of anilines is 1. The van der Waals surface area contributed by atoms with E-state index in [9.17, 15) is 9.59 Å². The predicted octanol–water partition coefficient (Wildman–Crippen LogP) is 3.43. The smallest absolute Gasteiger partial charge is 0.260 e. The van der Waals surface area contributed by atoms with E-state index >= 15 is 0 Å².